The Bertz CT molecular complexity index is 1350. The number of anilines is 1. The first kappa shape index (κ1) is 30.8. The lowest BCUT2D eigenvalue weighted by Crippen LogP contribution is -2.48. The number of aliphatic hydroxyl groups excluding tert-OH is 1. The van der Waals surface area contributed by atoms with Gasteiger partial charge in [-0.05, 0) is 74.1 Å². The van der Waals surface area contributed by atoms with Gasteiger partial charge in [0.05, 0.1) is 12.2 Å². The van der Waals surface area contributed by atoms with Gasteiger partial charge in [0.1, 0.15) is 28.8 Å². The number of benzene rings is 3. The molecule has 1 heterocycles. The van der Waals surface area contributed by atoms with Crippen LogP contribution in [0, 0.1) is 11.7 Å². The van der Waals surface area contributed by atoms with Crippen molar-refractivity contribution in [3.63, 3.8) is 0 Å². The number of nitrogens with zero attached hydrogens (tertiary/aromatic N) is 1. The molecule has 3 aromatic carbocycles. The van der Waals surface area contributed by atoms with Crippen LogP contribution < -0.4 is 14.8 Å². The third-order valence-electron chi connectivity index (χ3n) is 6.89. The third kappa shape index (κ3) is 8.43. The van der Waals surface area contributed by atoms with Gasteiger partial charge in [0.2, 0.25) is 0 Å². The second-order valence-corrected chi connectivity index (χ2v) is 10.8. The number of amides is 2. The molecular formula is C32H37FN2O7. The van der Waals surface area contributed by atoms with Crippen molar-refractivity contribution in [1.82, 2.24) is 4.90 Å². The van der Waals surface area contributed by atoms with E-state index in [2.05, 4.69) is 19.2 Å². The van der Waals surface area contributed by atoms with E-state index in [0.717, 1.165) is 0 Å². The number of piperidine rings is 1. The topological polar surface area (TPSA) is 118 Å². The average Bonchev–Trinajstić information content (AvgIpc) is 2.94. The monoisotopic (exact) mass is 580 g/mol. The number of carbonyl (C=O) groups excluding carboxylic acids is 2. The van der Waals surface area contributed by atoms with E-state index in [9.17, 15) is 24.2 Å². The van der Waals surface area contributed by atoms with Crippen LogP contribution in [0.15, 0.2) is 66.7 Å². The molecule has 1 saturated heterocycles. The van der Waals surface area contributed by atoms with Gasteiger partial charge in [0, 0.05) is 37.0 Å². The molecule has 3 aromatic rings. The number of hydrogen-bond acceptors (Lipinski definition) is 7. The molecule has 2 amide bonds. The fourth-order valence-corrected chi connectivity index (χ4v) is 4.90. The minimum Gasteiger partial charge on any atom is -0.464 e. The predicted octanol–water partition coefficient (Wildman–Crippen LogP) is 6.41. The summed E-state index contributed by atoms with van der Waals surface area (Å²) < 4.78 is 30.2. The molecule has 9 nitrogen and oxygen atoms in total. The zero-order valence-corrected chi connectivity index (χ0v) is 24.0. The summed E-state index contributed by atoms with van der Waals surface area (Å²) in [5, 5.41) is 23.9. The maximum Gasteiger partial charge on any atom is 0.339 e. The Morgan fingerprint density at radius 2 is 1.48 bits per heavy atom. The smallest absolute Gasteiger partial charge is 0.339 e. The van der Waals surface area contributed by atoms with Gasteiger partial charge in [-0.25, -0.2) is 14.0 Å². The van der Waals surface area contributed by atoms with Crippen molar-refractivity contribution in [2.45, 2.75) is 51.7 Å². The van der Waals surface area contributed by atoms with Gasteiger partial charge in [-0.15, -0.1) is 0 Å². The van der Waals surface area contributed by atoms with Gasteiger partial charge >= 0.3 is 12.0 Å². The van der Waals surface area contributed by atoms with Gasteiger partial charge in [-0.2, -0.15) is 0 Å². The lowest BCUT2D eigenvalue weighted by molar-refractivity contribution is -0.153. The lowest BCUT2D eigenvalue weighted by atomic mass is 9.84. The molecule has 1 atom stereocenters. The highest BCUT2D eigenvalue weighted by molar-refractivity contribution is 5.90. The minimum atomic E-state index is -1.41. The van der Waals surface area contributed by atoms with Crippen molar-refractivity contribution in [3.05, 3.63) is 78.1 Å². The summed E-state index contributed by atoms with van der Waals surface area (Å²) in [6, 6.07) is 16.4. The molecule has 1 aliphatic rings. The van der Waals surface area contributed by atoms with E-state index in [1.807, 2.05) is 0 Å². The van der Waals surface area contributed by atoms with Crippen molar-refractivity contribution in [2.75, 3.05) is 25.0 Å². The number of aliphatic hydroxyl groups is 2. The maximum absolute atomic E-state index is 13.4. The first-order chi connectivity index (χ1) is 20.0. The van der Waals surface area contributed by atoms with Crippen LogP contribution in [0.4, 0.5) is 14.9 Å². The zero-order valence-electron chi connectivity index (χ0n) is 24.0. The SMILES string of the molecule is CCOC(=O)C(O)c1ccc(Oc2cc(NC(=O)N3CCC(O)(CC(C)C)CC3)cc(Oc3ccc(F)cc3)c2)cc1. The van der Waals surface area contributed by atoms with Gasteiger partial charge in [-0.1, -0.05) is 26.0 Å². The molecule has 0 bridgehead atoms. The Balaban J connectivity index is 1.51. The van der Waals surface area contributed by atoms with Gasteiger partial charge in [0.15, 0.2) is 6.10 Å². The van der Waals surface area contributed by atoms with Gasteiger partial charge in [0.25, 0.3) is 0 Å². The van der Waals surface area contributed by atoms with E-state index < -0.39 is 23.5 Å². The van der Waals surface area contributed by atoms with E-state index in [4.69, 9.17) is 14.2 Å². The van der Waals surface area contributed by atoms with Crippen LogP contribution in [0.2, 0.25) is 0 Å². The highest BCUT2D eigenvalue weighted by Crippen LogP contribution is 2.34. The molecule has 1 aliphatic heterocycles. The molecule has 1 fully saturated rings. The van der Waals surface area contributed by atoms with Crippen LogP contribution in [0.25, 0.3) is 0 Å². The van der Waals surface area contributed by atoms with Gasteiger partial charge in [-0.3, -0.25) is 0 Å². The van der Waals surface area contributed by atoms with Crippen LogP contribution >= 0.6 is 0 Å². The number of urea groups is 1. The van der Waals surface area contributed by atoms with E-state index >= 15 is 0 Å². The Labute approximate surface area is 244 Å². The summed E-state index contributed by atoms with van der Waals surface area (Å²) in [5.41, 5.74) is -0.00695. The molecule has 0 aromatic heterocycles. The van der Waals surface area contributed by atoms with Crippen LogP contribution in [-0.2, 0) is 9.53 Å². The number of hydrogen-bond donors (Lipinski definition) is 3. The second kappa shape index (κ2) is 13.7. The number of nitrogens with one attached hydrogen (secondary N) is 1. The first-order valence-electron chi connectivity index (χ1n) is 14.0. The Morgan fingerprint density at radius 3 is 2.00 bits per heavy atom. The average molecular weight is 581 g/mol. The molecule has 0 spiro atoms. The van der Waals surface area contributed by atoms with Crippen LogP contribution in [0.5, 0.6) is 23.0 Å². The Hall–Kier alpha value is -4.15. The number of likely N-dealkylation sites (tertiary alicyclic amines) is 1. The summed E-state index contributed by atoms with van der Waals surface area (Å²) in [6.45, 7) is 6.80. The fraction of sp³-hybridized carbons (Fsp3) is 0.375. The molecule has 3 N–H and O–H groups in total. The Morgan fingerprint density at radius 1 is 0.929 bits per heavy atom. The number of esters is 1. The summed E-state index contributed by atoms with van der Waals surface area (Å²) in [6.07, 6.45) is 0.280. The number of carbonyl (C=O) groups is 2. The second-order valence-electron chi connectivity index (χ2n) is 10.8. The molecule has 0 saturated carbocycles. The summed E-state index contributed by atoms with van der Waals surface area (Å²) in [7, 11) is 0. The van der Waals surface area contributed by atoms with Gasteiger partial charge < -0.3 is 34.6 Å². The fourth-order valence-electron chi connectivity index (χ4n) is 4.90. The number of ether oxygens (including phenoxy) is 3. The standard InChI is InChI=1S/C32H37FN2O7/c1-4-40-30(37)29(36)22-5-9-25(10-6-22)41-27-17-24(18-28(19-27)42-26-11-7-23(33)8-12-26)34-31(38)35-15-13-32(39,14-16-35)20-21(2)3/h5-12,17-19,21,29,36,39H,4,13-16,20H2,1-3H3,(H,34,38). The molecule has 10 heteroatoms. The molecule has 1 unspecified atom stereocenters. The van der Waals surface area contributed by atoms with E-state index in [0.29, 0.717) is 72.5 Å². The van der Waals surface area contributed by atoms with Crippen molar-refractivity contribution in [1.29, 1.82) is 0 Å². The van der Waals surface area contributed by atoms with Crippen molar-refractivity contribution in [2.24, 2.45) is 5.92 Å². The molecule has 42 heavy (non-hydrogen) atoms. The minimum absolute atomic E-state index is 0.157. The van der Waals surface area contributed by atoms with Crippen LogP contribution in [-0.4, -0.2) is 52.4 Å². The number of rotatable bonds is 10. The Kier molecular flexibility index (Phi) is 10.0. The summed E-state index contributed by atoms with van der Waals surface area (Å²) in [4.78, 5) is 26.6. The largest absolute Gasteiger partial charge is 0.464 e. The quantitative estimate of drug-likeness (QED) is 0.237. The molecule has 224 valence electrons. The molecule has 0 aliphatic carbocycles. The molecule has 4 rings (SSSR count). The van der Waals surface area contributed by atoms with E-state index in [-0.39, 0.29) is 12.6 Å². The van der Waals surface area contributed by atoms with Crippen LogP contribution in [0.3, 0.4) is 0 Å². The highest BCUT2D eigenvalue weighted by atomic mass is 19.1. The van der Waals surface area contributed by atoms with Crippen LogP contribution in [0.1, 0.15) is 51.7 Å². The van der Waals surface area contributed by atoms with E-state index in [1.165, 1.54) is 24.3 Å². The normalized spacial score (nSPS) is 15.2. The van der Waals surface area contributed by atoms with Crippen molar-refractivity contribution >= 4 is 17.7 Å². The van der Waals surface area contributed by atoms with Crippen molar-refractivity contribution in [3.8, 4) is 23.0 Å². The summed E-state index contributed by atoms with van der Waals surface area (Å²) >= 11 is 0. The third-order valence-corrected chi connectivity index (χ3v) is 6.89. The molecule has 0 radical (unpaired) electrons. The number of halogens is 1. The maximum atomic E-state index is 13.4. The predicted molar refractivity (Wildman–Crippen MR) is 155 cm³/mol. The molecular weight excluding hydrogens is 543 g/mol. The zero-order chi connectivity index (χ0) is 30.3. The first-order valence-corrected chi connectivity index (χ1v) is 14.0. The van der Waals surface area contributed by atoms with E-state index in [1.54, 1.807) is 54.3 Å². The summed E-state index contributed by atoms with van der Waals surface area (Å²) in [5.74, 6) is 0.704. The van der Waals surface area contributed by atoms with Crippen molar-refractivity contribution < 1.29 is 38.4 Å². The lowest BCUT2D eigenvalue weighted by Gasteiger charge is -2.39. The highest BCUT2D eigenvalue weighted by Gasteiger charge is 2.34.